The van der Waals surface area contributed by atoms with E-state index in [4.69, 9.17) is 9.47 Å². The molecule has 136 valence electrons. The zero-order chi connectivity index (χ0) is 18.9. The second-order valence-electron chi connectivity index (χ2n) is 7.12. The van der Waals surface area contributed by atoms with E-state index in [2.05, 4.69) is 15.3 Å². The summed E-state index contributed by atoms with van der Waals surface area (Å²) in [7, 11) is 1.61. The van der Waals surface area contributed by atoms with Gasteiger partial charge in [-0.25, -0.2) is 9.78 Å². The number of amides is 1. The Hall–Kier alpha value is -3.02. The van der Waals surface area contributed by atoms with Crippen LogP contribution in [0.5, 0.6) is 5.88 Å². The molecule has 3 rings (SSSR count). The molecule has 0 aliphatic heterocycles. The first-order valence-corrected chi connectivity index (χ1v) is 8.39. The van der Waals surface area contributed by atoms with Crippen LogP contribution in [0.3, 0.4) is 0 Å². The van der Waals surface area contributed by atoms with Gasteiger partial charge in [-0.15, -0.1) is 0 Å². The summed E-state index contributed by atoms with van der Waals surface area (Å²) in [4.78, 5) is 19.6. The molecule has 0 unspecified atom stereocenters. The Labute approximate surface area is 152 Å². The lowest BCUT2D eigenvalue weighted by Crippen LogP contribution is -2.27. The number of pyridine rings is 1. The lowest BCUT2D eigenvalue weighted by Gasteiger charge is -2.19. The summed E-state index contributed by atoms with van der Waals surface area (Å²) >= 11 is 0. The number of nitrogens with zero attached hydrogens (tertiary/aromatic N) is 1. The van der Waals surface area contributed by atoms with Gasteiger partial charge in [-0.1, -0.05) is 6.07 Å². The number of benzene rings is 1. The van der Waals surface area contributed by atoms with Gasteiger partial charge in [-0.2, -0.15) is 0 Å². The maximum absolute atomic E-state index is 12.0. The number of carbonyl (C=O) groups excluding carboxylic acids is 1. The summed E-state index contributed by atoms with van der Waals surface area (Å²) in [5.74, 6) is 0.573. The lowest BCUT2D eigenvalue weighted by molar-refractivity contribution is 0.0636. The zero-order valence-corrected chi connectivity index (χ0v) is 15.6. The van der Waals surface area contributed by atoms with Crippen molar-refractivity contribution in [1.82, 2.24) is 9.97 Å². The van der Waals surface area contributed by atoms with Gasteiger partial charge in [-0.05, 0) is 57.5 Å². The molecule has 0 fully saturated rings. The van der Waals surface area contributed by atoms with Crippen LogP contribution < -0.4 is 10.1 Å². The third-order valence-electron chi connectivity index (χ3n) is 3.85. The third kappa shape index (κ3) is 3.79. The molecule has 0 saturated heterocycles. The number of carbonyl (C=O) groups is 1. The van der Waals surface area contributed by atoms with E-state index in [1.54, 1.807) is 13.3 Å². The van der Waals surface area contributed by atoms with Crippen molar-refractivity contribution in [3.8, 4) is 17.1 Å². The maximum atomic E-state index is 12.0. The molecule has 0 radical (unpaired) electrons. The van der Waals surface area contributed by atoms with Gasteiger partial charge in [0.1, 0.15) is 5.60 Å². The Bertz CT molecular complexity index is 955. The number of hydrogen-bond acceptors (Lipinski definition) is 4. The van der Waals surface area contributed by atoms with E-state index >= 15 is 0 Å². The van der Waals surface area contributed by atoms with Gasteiger partial charge in [0.05, 0.1) is 18.4 Å². The number of anilines is 1. The molecule has 0 spiro atoms. The molecule has 2 aromatic heterocycles. The lowest BCUT2D eigenvalue weighted by atomic mass is 10.1. The van der Waals surface area contributed by atoms with Crippen LogP contribution >= 0.6 is 0 Å². The largest absolute Gasteiger partial charge is 0.480 e. The number of fused-ring (bicyclic) bond motifs is 1. The quantitative estimate of drug-likeness (QED) is 0.702. The van der Waals surface area contributed by atoms with Crippen molar-refractivity contribution in [1.29, 1.82) is 0 Å². The first kappa shape index (κ1) is 17.8. The number of aromatic amines is 1. The molecule has 0 aliphatic rings. The molecule has 3 aromatic rings. The first-order valence-electron chi connectivity index (χ1n) is 8.39. The number of methoxy groups -OCH3 is 1. The second-order valence-corrected chi connectivity index (χ2v) is 7.12. The Morgan fingerprint density at radius 1 is 1.19 bits per heavy atom. The Balaban J connectivity index is 1.93. The van der Waals surface area contributed by atoms with E-state index in [0.717, 1.165) is 27.7 Å². The van der Waals surface area contributed by atoms with Gasteiger partial charge in [0.15, 0.2) is 0 Å². The van der Waals surface area contributed by atoms with Crippen LogP contribution in [0.4, 0.5) is 10.5 Å². The van der Waals surface area contributed by atoms with Crippen molar-refractivity contribution >= 4 is 22.7 Å². The summed E-state index contributed by atoms with van der Waals surface area (Å²) in [6.45, 7) is 7.50. The molecule has 0 aliphatic carbocycles. The molecule has 0 saturated carbocycles. The van der Waals surface area contributed by atoms with Crippen LogP contribution in [0, 0.1) is 6.92 Å². The highest BCUT2D eigenvalue weighted by Crippen LogP contribution is 2.33. The minimum Gasteiger partial charge on any atom is -0.480 e. The van der Waals surface area contributed by atoms with Gasteiger partial charge in [0, 0.05) is 22.8 Å². The smallest absolute Gasteiger partial charge is 0.412 e. The highest BCUT2D eigenvalue weighted by molar-refractivity contribution is 5.93. The number of rotatable bonds is 3. The minimum atomic E-state index is -0.540. The van der Waals surface area contributed by atoms with Crippen LogP contribution in [-0.2, 0) is 4.74 Å². The second kappa shape index (κ2) is 6.71. The van der Waals surface area contributed by atoms with Crippen LogP contribution in [0.25, 0.3) is 22.2 Å². The fraction of sp³-hybridized carbons (Fsp3) is 0.300. The van der Waals surface area contributed by atoms with Gasteiger partial charge in [0.2, 0.25) is 5.88 Å². The molecule has 6 heteroatoms. The fourth-order valence-electron chi connectivity index (χ4n) is 2.78. The molecule has 6 nitrogen and oxygen atoms in total. The predicted octanol–water partition coefficient (Wildman–Crippen LogP) is 4.89. The highest BCUT2D eigenvalue weighted by atomic mass is 16.6. The standard InChI is InChI=1S/C20H23N3O3/c1-12-8-9-21-18(25-5)17(12)16-10-13-6-7-14(11-15(13)23-16)22-19(24)26-20(2,3)4/h6-11,23H,1-5H3,(H,22,24). The van der Waals surface area contributed by atoms with E-state index in [1.807, 2.05) is 58.0 Å². The summed E-state index contributed by atoms with van der Waals surface area (Å²) < 4.78 is 10.7. The van der Waals surface area contributed by atoms with Crippen molar-refractivity contribution in [2.75, 3.05) is 12.4 Å². The van der Waals surface area contributed by atoms with Crippen molar-refractivity contribution in [3.63, 3.8) is 0 Å². The molecular weight excluding hydrogens is 330 g/mol. The average Bonchev–Trinajstić information content (AvgIpc) is 2.95. The molecule has 2 heterocycles. The van der Waals surface area contributed by atoms with Gasteiger partial charge >= 0.3 is 6.09 Å². The van der Waals surface area contributed by atoms with E-state index < -0.39 is 11.7 Å². The van der Waals surface area contributed by atoms with E-state index in [0.29, 0.717) is 11.6 Å². The van der Waals surface area contributed by atoms with Crippen LogP contribution in [0.15, 0.2) is 36.5 Å². The highest BCUT2D eigenvalue weighted by Gasteiger charge is 2.17. The first-order chi connectivity index (χ1) is 12.3. The normalized spacial score (nSPS) is 11.4. The van der Waals surface area contributed by atoms with Crippen LogP contribution in [0.1, 0.15) is 26.3 Å². The topological polar surface area (TPSA) is 76.2 Å². The molecule has 0 atom stereocenters. The Kier molecular flexibility index (Phi) is 4.59. The van der Waals surface area contributed by atoms with Gasteiger partial charge in [0.25, 0.3) is 0 Å². The predicted molar refractivity (Wildman–Crippen MR) is 103 cm³/mol. The number of nitrogens with one attached hydrogen (secondary N) is 2. The number of hydrogen-bond donors (Lipinski definition) is 2. The summed E-state index contributed by atoms with van der Waals surface area (Å²) in [6.07, 6.45) is 1.25. The van der Waals surface area contributed by atoms with Crippen molar-refractivity contribution in [2.24, 2.45) is 0 Å². The van der Waals surface area contributed by atoms with Crippen molar-refractivity contribution in [2.45, 2.75) is 33.3 Å². The number of H-pyrrole nitrogens is 1. The zero-order valence-electron chi connectivity index (χ0n) is 15.6. The molecular formula is C20H23N3O3. The van der Waals surface area contributed by atoms with Crippen LogP contribution in [-0.4, -0.2) is 28.8 Å². The summed E-state index contributed by atoms with van der Waals surface area (Å²) in [5, 5.41) is 3.78. The summed E-state index contributed by atoms with van der Waals surface area (Å²) in [6, 6.07) is 9.65. The molecule has 1 aromatic carbocycles. The minimum absolute atomic E-state index is 0.478. The number of aryl methyl sites for hydroxylation is 1. The average molecular weight is 353 g/mol. The molecule has 1 amide bonds. The third-order valence-corrected chi connectivity index (χ3v) is 3.85. The van der Waals surface area contributed by atoms with E-state index in [9.17, 15) is 4.79 Å². The van der Waals surface area contributed by atoms with Crippen molar-refractivity contribution in [3.05, 3.63) is 42.1 Å². The van der Waals surface area contributed by atoms with Crippen LogP contribution in [0.2, 0.25) is 0 Å². The maximum Gasteiger partial charge on any atom is 0.412 e. The molecule has 0 bridgehead atoms. The molecule has 26 heavy (non-hydrogen) atoms. The summed E-state index contributed by atoms with van der Waals surface area (Å²) in [5.41, 5.74) is 3.93. The number of ether oxygens (including phenoxy) is 2. The SMILES string of the molecule is COc1nccc(C)c1-c1cc2ccc(NC(=O)OC(C)(C)C)cc2[nH]1. The fourth-order valence-corrected chi connectivity index (χ4v) is 2.78. The monoisotopic (exact) mass is 353 g/mol. The van der Waals surface area contributed by atoms with E-state index in [-0.39, 0.29) is 0 Å². The molecule has 2 N–H and O–H groups in total. The van der Waals surface area contributed by atoms with E-state index in [1.165, 1.54) is 0 Å². The van der Waals surface area contributed by atoms with Gasteiger partial charge < -0.3 is 14.5 Å². The van der Waals surface area contributed by atoms with Gasteiger partial charge in [-0.3, -0.25) is 5.32 Å². The Morgan fingerprint density at radius 3 is 2.65 bits per heavy atom. The Morgan fingerprint density at radius 2 is 1.96 bits per heavy atom. The number of aromatic nitrogens is 2. The van der Waals surface area contributed by atoms with Crippen molar-refractivity contribution < 1.29 is 14.3 Å².